The maximum absolute atomic E-state index is 10.4. The molecular formula is C9H13N5O2. The third kappa shape index (κ3) is 2.43. The second kappa shape index (κ2) is 4.40. The van der Waals surface area contributed by atoms with Crippen LogP contribution in [-0.2, 0) is 0 Å². The second-order valence-electron chi connectivity index (χ2n) is 3.85. The van der Waals surface area contributed by atoms with Crippen LogP contribution in [0.1, 0.15) is 12.8 Å². The number of hydrogen-bond acceptors (Lipinski definition) is 6. The van der Waals surface area contributed by atoms with Gasteiger partial charge in [0.2, 0.25) is 5.95 Å². The molecule has 1 aromatic rings. The number of rotatable bonds is 5. The van der Waals surface area contributed by atoms with Crippen molar-refractivity contribution in [1.29, 1.82) is 0 Å². The number of aromatic nitrogens is 2. The normalized spacial score (nSPS) is 16.8. The van der Waals surface area contributed by atoms with Crippen LogP contribution >= 0.6 is 0 Å². The first kappa shape index (κ1) is 10.7. The summed E-state index contributed by atoms with van der Waals surface area (Å²) in [6.07, 6.45) is 4.72. The summed E-state index contributed by atoms with van der Waals surface area (Å²) in [7, 11) is 0. The van der Waals surface area contributed by atoms with Crippen LogP contribution < -0.4 is 11.1 Å². The first-order valence-corrected chi connectivity index (χ1v) is 5.13. The Kier molecular flexibility index (Phi) is 2.95. The van der Waals surface area contributed by atoms with E-state index in [0.717, 1.165) is 0 Å². The van der Waals surface area contributed by atoms with Gasteiger partial charge in [-0.1, -0.05) is 0 Å². The summed E-state index contributed by atoms with van der Waals surface area (Å²) in [5, 5.41) is 13.5. The molecule has 1 saturated carbocycles. The third-order valence-electron chi connectivity index (χ3n) is 2.61. The van der Waals surface area contributed by atoms with E-state index in [-0.39, 0.29) is 11.7 Å². The van der Waals surface area contributed by atoms with Gasteiger partial charge in [0.1, 0.15) is 12.4 Å². The molecule has 1 fully saturated rings. The Morgan fingerprint density at radius 2 is 2.19 bits per heavy atom. The topological polar surface area (TPSA) is 107 Å². The third-order valence-corrected chi connectivity index (χ3v) is 2.61. The average molecular weight is 223 g/mol. The van der Waals surface area contributed by atoms with Crippen LogP contribution in [0.5, 0.6) is 0 Å². The van der Waals surface area contributed by atoms with Gasteiger partial charge in [0.15, 0.2) is 0 Å². The molecular weight excluding hydrogens is 210 g/mol. The maximum Gasteiger partial charge on any atom is 0.305 e. The fraction of sp³-hybridized carbons (Fsp3) is 0.556. The lowest BCUT2D eigenvalue weighted by Gasteiger charge is -2.15. The SMILES string of the molecule is NCC(Nc1ncc([N+](=O)[O-])cn1)C1CC1. The van der Waals surface area contributed by atoms with Crippen molar-refractivity contribution in [1.82, 2.24) is 9.97 Å². The lowest BCUT2D eigenvalue weighted by molar-refractivity contribution is -0.385. The summed E-state index contributed by atoms with van der Waals surface area (Å²) in [4.78, 5) is 17.6. The molecule has 0 spiro atoms. The number of nitrogens with two attached hydrogens (primary N) is 1. The molecule has 0 radical (unpaired) electrons. The molecule has 7 nitrogen and oxygen atoms in total. The molecule has 86 valence electrons. The van der Waals surface area contributed by atoms with Crippen molar-refractivity contribution < 1.29 is 4.92 Å². The van der Waals surface area contributed by atoms with Gasteiger partial charge in [-0.3, -0.25) is 10.1 Å². The molecule has 1 aliphatic rings. The highest BCUT2D eigenvalue weighted by Crippen LogP contribution is 2.33. The molecule has 0 amide bonds. The van der Waals surface area contributed by atoms with E-state index in [2.05, 4.69) is 15.3 Å². The second-order valence-corrected chi connectivity index (χ2v) is 3.85. The standard InChI is InChI=1S/C9H13N5O2/c10-3-8(6-1-2-6)13-9-11-4-7(5-12-9)14(15)16/h4-6,8H,1-3,10H2,(H,11,12,13). The van der Waals surface area contributed by atoms with Crippen molar-refractivity contribution in [2.24, 2.45) is 11.7 Å². The highest BCUT2D eigenvalue weighted by molar-refractivity contribution is 5.32. The lowest BCUT2D eigenvalue weighted by Crippen LogP contribution is -2.31. The molecule has 1 heterocycles. The minimum absolute atomic E-state index is 0.110. The molecule has 7 heteroatoms. The van der Waals surface area contributed by atoms with Gasteiger partial charge in [-0.2, -0.15) is 0 Å². The Balaban J connectivity index is 2.01. The van der Waals surface area contributed by atoms with E-state index < -0.39 is 4.92 Å². The van der Waals surface area contributed by atoms with E-state index in [4.69, 9.17) is 5.73 Å². The van der Waals surface area contributed by atoms with Crippen LogP contribution in [0.4, 0.5) is 11.6 Å². The van der Waals surface area contributed by atoms with Crippen LogP contribution in [0.25, 0.3) is 0 Å². The molecule has 0 aromatic carbocycles. The van der Waals surface area contributed by atoms with Gasteiger partial charge in [-0.25, -0.2) is 9.97 Å². The monoisotopic (exact) mass is 223 g/mol. The summed E-state index contributed by atoms with van der Waals surface area (Å²) in [6, 6.07) is 0.168. The Morgan fingerprint density at radius 1 is 1.56 bits per heavy atom. The number of nitrogens with zero attached hydrogens (tertiary/aromatic N) is 3. The first-order chi connectivity index (χ1) is 7.70. The largest absolute Gasteiger partial charge is 0.350 e. The van der Waals surface area contributed by atoms with E-state index in [9.17, 15) is 10.1 Å². The predicted molar refractivity (Wildman–Crippen MR) is 57.9 cm³/mol. The number of hydrogen-bond donors (Lipinski definition) is 2. The van der Waals surface area contributed by atoms with E-state index in [1.807, 2.05) is 0 Å². The lowest BCUT2D eigenvalue weighted by atomic mass is 10.2. The van der Waals surface area contributed by atoms with Crippen LogP contribution in [0.3, 0.4) is 0 Å². The summed E-state index contributed by atoms with van der Waals surface area (Å²) >= 11 is 0. The van der Waals surface area contributed by atoms with Crippen molar-refractivity contribution in [3.05, 3.63) is 22.5 Å². The minimum atomic E-state index is -0.523. The van der Waals surface area contributed by atoms with Gasteiger partial charge in [-0.15, -0.1) is 0 Å². The summed E-state index contributed by atoms with van der Waals surface area (Å²) in [5.74, 6) is 0.983. The van der Waals surface area contributed by atoms with Crippen molar-refractivity contribution in [3.8, 4) is 0 Å². The zero-order valence-corrected chi connectivity index (χ0v) is 8.67. The van der Waals surface area contributed by atoms with Crippen molar-refractivity contribution in [2.75, 3.05) is 11.9 Å². The molecule has 16 heavy (non-hydrogen) atoms. The molecule has 1 aliphatic carbocycles. The number of nitrogens with one attached hydrogen (secondary N) is 1. The summed E-state index contributed by atoms with van der Waals surface area (Å²) in [5.41, 5.74) is 5.50. The first-order valence-electron chi connectivity index (χ1n) is 5.13. The van der Waals surface area contributed by atoms with Crippen LogP contribution in [0.2, 0.25) is 0 Å². The van der Waals surface area contributed by atoms with E-state index in [1.165, 1.54) is 25.2 Å². The summed E-state index contributed by atoms with van der Waals surface area (Å²) < 4.78 is 0. The molecule has 1 aromatic heterocycles. The fourth-order valence-corrected chi connectivity index (χ4v) is 1.52. The van der Waals surface area contributed by atoms with Gasteiger partial charge in [-0.05, 0) is 18.8 Å². The maximum atomic E-state index is 10.4. The quantitative estimate of drug-likeness (QED) is 0.557. The highest BCUT2D eigenvalue weighted by Gasteiger charge is 2.30. The van der Waals surface area contributed by atoms with Gasteiger partial charge >= 0.3 is 5.69 Å². The summed E-state index contributed by atoms with van der Waals surface area (Å²) in [6.45, 7) is 0.519. The Hall–Kier alpha value is -1.76. The van der Waals surface area contributed by atoms with Crippen LogP contribution in [0.15, 0.2) is 12.4 Å². The molecule has 0 saturated heterocycles. The fourth-order valence-electron chi connectivity index (χ4n) is 1.52. The molecule has 3 N–H and O–H groups in total. The average Bonchev–Trinajstić information content (AvgIpc) is 3.10. The van der Waals surface area contributed by atoms with E-state index >= 15 is 0 Å². The van der Waals surface area contributed by atoms with Gasteiger partial charge < -0.3 is 11.1 Å². The Bertz CT molecular complexity index is 376. The van der Waals surface area contributed by atoms with Gasteiger partial charge in [0, 0.05) is 12.6 Å². The van der Waals surface area contributed by atoms with Crippen LogP contribution in [0, 0.1) is 16.0 Å². The van der Waals surface area contributed by atoms with E-state index in [1.54, 1.807) is 0 Å². The van der Waals surface area contributed by atoms with Crippen molar-refractivity contribution in [3.63, 3.8) is 0 Å². The van der Waals surface area contributed by atoms with Crippen molar-refractivity contribution in [2.45, 2.75) is 18.9 Å². The predicted octanol–water partition coefficient (Wildman–Crippen LogP) is 0.534. The zero-order valence-electron chi connectivity index (χ0n) is 8.67. The number of nitro groups is 1. The molecule has 0 aliphatic heterocycles. The van der Waals surface area contributed by atoms with Gasteiger partial charge in [0.25, 0.3) is 0 Å². The minimum Gasteiger partial charge on any atom is -0.350 e. The van der Waals surface area contributed by atoms with Crippen LogP contribution in [-0.4, -0.2) is 27.5 Å². The smallest absolute Gasteiger partial charge is 0.305 e. The Labute approximate surface area is 92.2 Å². The molecule has 0 bridgehead atoms. The molecule has 1 unspecified atom stereocenters. The molecule has 2 rings (SSSR count). The zero-order chi connectivity index (χ0) is 11.5. The Morgan fingerprint density at radius 3 is 2.62 bits per heavy atom. The van der Waals surface area contributed by atoms with Gasteiger partial charge in [0.05, 0.1) is 4.92 Å². The highest BCUT2D eigenvalue weighted by atomic mass is 16.6. The molecule has 1 atom stereocenters. The number of anilines is 1. The van der Waals surface area contributed by atoms with E-state index in [0.29, 0.717) is 18.4 Å². The van der Waals surface area contributed by atoms with Crippen molar-refractivity contribution >= 4 is 11.6 Å².